The lowest BCUT2D eigenvalue weighted by Crippen LogP contribution is -2.04. The monoisotopic (exact) mass is 191 g/mol. The van der Waals surface area contributed by atoms with Crippen LogP contribution in [0.3, 0.4) is 0 Å². The van der Waals surface area contributed by atoms with Gasteiger partial charge in [-0.15, -0.1) is 0 Å². The molecule has 74 valence electrons. The molecule has 0 unspecified atom stereocenters. The average Bonchev–Trinajstić information content (AvgIpc) is 2.09. The molecule has 0 spiro atoms. The van der Waals surface area contributed by atoms with Gasteiger partial charge >= 0.3 is 0 Å². The molecule has 0 saturated heterocycles. The number of hydrogen-bond acceptors (Lipinski definition) is 1. The molecule has 0 saturated carbocycles. The Balaban J connectivity index is 3.04. The van der Waals surface area contributed by atoms with Gasteiger partial charge in [-0.2, -0.15) is 0 Å². The van der Waals surface area contributed by atoms with Gasteiger partial charge in [-0.25, -0.2) is 4.39 Å². The smallest absolute Gasteiger partial charge is 0.123 e. The number of hydrogen-bond donors (Lipinski definition) is 1. The number of aryl methyl sites for hydroxylation is 2. The van der Waals surface area contributed by atoms with Gasteiger partial charge in [0.05, 0.1) is 6.54 Å². The van der Waals surface area contributed by atoms with E-state index < -0.39 is 0 Å². The van der Waals surface area contributed by atoms with Crippen molar-refractivity contribution in [3.63, 3.8) is 0 Å². The standard InChI is InChI=1S/C12H14FN/c1-9-7-11(13)8-10(2)12(9)5-4-6-14-3/h7-8,14H,6H2,1-3H3. The second-order valence-electron chi connectivity index (χ2n) is 3.25. The number of nitrogens with one attached hydrogen (secondary N) is 1. The minimum atomic E-state index is -0.195. The van der Waals surface area contributed by atoms with Crippen LogP contribution in [-0.4, -0.2) is 13.6 Å². The van der Waals surface area contributed by atoms with Gasteiger partial charge < -0.3 is 5.32 Å². The topological polar surface area (TPSA) is 12.0 Å². The van der Waals surface area contributed by atoms with E-state index in [1.807, 2.05) is 20.9 Å². The second-order valence-corrected chi connectivity index (χ2v) is 3.25. The highest BCUT2D eigenvalue weighted by Gasteiger charge is 2.01. The molecule has 0 aliphatic heterocycles. The van der Waals surface area contributed by atoms with Crippen LogP contribution >= 0.6 is 0 Å². The molecular weight excluding hydrogens is 177 g/mol. The van der Waals surface area contributed by atoms with E-state index in [2.05, 4.69) is 17.2 Å². The average molecular weight is 191 g/mol. The summed E-state index contributed by atoms with van der Waals surface area (Å²) in [5.74, 6) is 5.80. The molecule has 1 aromatic rings. The summed E-state index contributed by atoms with van der Waals surface area (Å²) in [4.78, 5) is 0. The maximum absolute atomic E-state index is 12.9. The van der Waals surface area contributed by atoms with Crippen LogP contribution < -0.4 is 5.32 Å². The van der Waals surface area contributed by atoms with Gasteiger partial charge in [-0.05, 0) is 44.2 Å². The molecular formula is C12H14FN. The molecule has 0 heterocycles. The van der Waals surface area contributed by atoms with Crippen LogP contribution in [0.15, 0.2) is 12.1 Å². The minimum Gasteiger partial charge on any atom is -0.309 e. The number of halogens is 1. The summed E-state index contributed by atoms with van der Waals surface area (Å²) in [5.41, 5.74) is 2.72. The van der Waals surface area contributed by atoms with Crippen molar-refractivity contribution in [3.05, 3.63) is 34.6 Å². The van der Waals surface area contributed by atoms with E-state index in [9.17, 15) is 4.39 Å². The van der Waals surface area contributed by atoms with E-state index in [1.54, 1.807) is 0 Å². The van der Waals surface area contributed by atoms with Gasteiger partial charge in [0.2, 0.25) is 0 Å². The highest BCUT2D eigenvalue weighted by Crippen LogP contribution is 2.14. The zero-order chi connectivity index (χ0) is 10.6. The van der Waals surface area contributed by atoms with Crippen molar-refractivity contribution in [1.82, 2.24) is 5.32 Å². The van der Waals surface area contributed by atoms with Crippen LogP contribution in [-0.2, 0) is 0 Å². The third kappa shape index (κ3) is 2.58. The van der Waals surface area contributed by atoms with Gasteiger partial charge in [0.15, 0.2) is 0 Å². The van der Waals surface area contributed by atoms with Crippen LogP contribution in [0.5, 0.6) is 0 Å². The molecule has 1 rings (SSSR count). The zero-order valence-electron chi connectivity index (χ0n) is 8.74. The molecule has 0 radical (unpaired) electrons. The van der Waals surface area contributed by atoms with Gasteiger partial charge in [-0.3, -0.25) is 0 Å². The highest BCUT2D eigenvalue weighted by atomic mass is 19.1. The Hall–Kier alpha value is -1.33. The summed E-state index contributed by atoms with van der Waals surface area (Å²) in [7, 11) is 1.85. The first-order chi connectivity index (χ1) is 6.65. The van der Waals surface area contributed by atoms with E-state index in [4.69, 9.17) is 0 Å². The fourth-order valence-electron chi connectivity index (χ4n) is 1.33. The van der Waals surface area contributed by atoms with Crippen LogP contribution in [0.4, 0.5) is 4.39 Å². The van der Waals surface area contributed by atoms with Crippen molar-refractivity contribution < 1.29 is 4.39 Å². The summed E-state index contributed by atoms with van der Waals surface area (Å²) in [6.07, 6.45) is 0. The van der Waals surface area contributed by atoms with E-state index in [0.717, 1.165) is 16.7 Å². The zero-order valence-corrected chi connectivity index (χ0v) is 8.74. The molecule has 0 fully saturated rings. The van der Waals surface area contributed by atoms with Gasteiger partial charge in [0.25, 0.3) is 0 Å². The van der Waals surface area contributed by atoms with E-state index >= 15 is 0 Å². The van der Waals surface area contributed by atoms with Crippen molar-refractivity contribution in [2.75, 3.05) is 13.6 Å². The fraction of sp³-hybridized carbons (Fsp3) is 0.333. The Morgan fingerprint density at radius 3 is 2.36 bits per heavy atom. The fourth-order valence-corrected chi connectivity index (χ4v) is 1.33. The Kier molecular flexibility index (Phi) is 3.67. The van der Waals surface area contributed by atoms with E-state index in [1.165, 1.54) is 12.1 Å². The van der Waals surface area contributed by atoms with Crippen molar-refractivity contribution in [2.24, 2.45) is 0 Å². The van der Waals surface area contributed by atoms with Crippen molar-refractivity contribution in [2.45, 2.75) is 13.8 Å². The quantitative estimate of drug-likeness (QED) is 0.670. The second kappa shape index (κ2) is 4.78. The molecule has 0 amide bonds. The minimum absolute atomic E-state index is 0.195. The lowest BCUT2D eigenvalue weighted by atomic mass is 10.0. The maximum atomic E-state index is 12.9. The molecule has 0 aliphatic rings. The van der Waals surface area contributed by atoms with Crippen LogP contribution in [0.25, 0.3) is 0 Å². The number of rotatable bonds is 1. The predicted octanol–water partition coefficient (Wildman–Crippen LogP) is 2.01. The molecule has 1 nitrogen and oxygen atoms in total. The molecule has 1 N–H and O–H groups in total. The lowest BCUT2D eigenvalue weighted by molar-refractivity contribution is 0.625. The molecule has 0 atom stereocenters. The summed E-state index contributed by atoms with van der Waals surface area (Å²) in [6.45, 7) is 4.40. The van der Waals surface area contributed by atoms with Gasteiger partial charge in [0, 0.05) is 5.56 Å². The molecule has 0 aromatic heterocycles. The molecule has 0 aliphatic carbocycles. The Labute approximate surface area is 84.3 Å². The normalized spacial score (nSPS) is 9.43. The maximum Gasteiger partial charge on any atom is 0.123 e. The summed E-state index contributed by atoms with van der Waals surface area (Å²) in [6, 6.07) is 3.02. The first kappa shape index (κ1) is 10.7. The van der Waals surface area contributed by atoms with Crippen LogP contribution in [0, 0.1) is 31.5 Å². The molecule has 0 bridgehead atoms. The Morgan fingerprint density at radius 2 is 1.86 bits per heavy atom. The molecule has 14 heavy (non-hydrogen) atoms. The summed E-state index contributed by atoms with van der Waals surface area (Å²) in [5, 5.41) is 2.94. The lowest BCUT2D eigenvalue weighted by Gasteiger charge is -2.02. The first-order valence-electron chi connectivity index (χ1n) is 4.55. The van der Waals surface area contributed by atoms with Gasteiger partial charge in [0.1, 0.15) is 5.82 Å². The van der Waals surface area contributed by atoms with E-state index in [-0.39, 0.29) is 5.82 Å². The third-order valence-corrected chi connectivity index (χ3v) is 1.98. The van der Waals surface area contributed by atoms with Crippen LogP contribution in [0.2, 0.25) is 0 Å². The highest BCUT2D eigenvalue weighted by molar-refractivity contribution is 5.46. The molecule has 2 heteroatoms. The summed E-state index contributed by atoms with van der Waals surface area (Å²) < 4.78 is 12.9. The van der Waals surface area contributed by atoms with Crippen LogP contribution in [0.1, 0.15) is 16.7 Å². The predicted molar refractivity (Wildman–Crippen MR) is 56.7 cm³/mol. The van der Waals surface area contributed by atoms with Crippen molar-refractivity contribution in [1.29, 1.82) is 0 Å². The van der Waals surface area contributed by atoms with Gasteiger partial charge in [-0.1, -0.05) is 11.8 Å². The largest absolute Gasteiger partial charge is 0.309 e. The molecule has 1 aromatic carbocycles. The summed E-state index contributed by atoms with van der Waals surface area (Å²) >= 11 is 0. The van der Waals surface area contributed by atoms with Crippen molar-refractivity contribution in [3.8, 4) is 11.8 Å². The van der Waals surface area contributed by atoms with Crippen molar-refractivity contribution >= 4 is 0 Å². The first-order valence-corrected chi connectivity index (χ1v) is 4.55. The third-order valence-electron chi connectivity index (χ3n) is 1.98. The Bertz CT molecular complexity index is 362. The number of benzene rings is 1. The SMILES string of the molecule is CNCC#Cc1c(C)cc(F)cc1C. The van der Waals surface area contributed by atoms with E-state index in [0.29, 0.717) is 6.54 Å². The Morgan fingerprint density at radius 1 is 1.29 bits per heavy atom.